The molecule has 0 radical (unpaired) electrons. The average Bonchev–Trinajstić information content (AvgIpc) is 2.59. The van der Waals surface area contributed by atoms with E-state index in [-0.39, 0.29) is 23.1 Å². The molecule has 16 heavy (non-hydrogen) atoms. The van der Waals surface area contributed by atoms with Gasteiger partial charge >= 0.3 is 0 Å². The first kappa shape index (κ1) is 13.3. The van der Waals surface area contributed by atoms with E-state index in [1.54, 1.807) is 12.1 Å². The van der Waals surface area contributed by atoms with E-state index in [1.807, 2.05) is 20.8 Å². The summed E-state index contributed by atoms with van der Waals surface area (Å²) in [6, 6.07) is 3.22. The van der Waals surface area contributed by atoms with Crippen molar-refractivity contribution in [1.82, 2.24) is 5.32 Å². The van der Waals surface area contributed by atoms with E-state index in [9.17, 15) is 4.79 Å². The number of rotatable bonds is 3. The minimum atomic E-state index is -0.240. The van der Waals surface area contributed by atoms with E-state index in [1.165, 1.54) is 0 Å². The van der Waals surface area contributed by atoms with Crippen LogP contribution in [0.4, 0.5) is 0 Å². The number of hydrogen-bond donors (Lipinski definition) is 2. The highest BCUT2D eigenvalue weighted by molar-refractivity contribution is 9.10. The number of carbonyl (C=O) groups excluding carboxylic acids is 1. The highest BCUT2D eigenvalue weighted by Gasteiger charge is 2.26. The van der Waals surface area contributed by atoms with Crippen molar-refractivity contribution < 1.29 is 9.21 Å². The Labute approximate surface area is 104 Å². The SMILES string of the molecule is CC(C)(C)C(CN)NC(=O)c1ccc(Br)o1. The molecule has 0 aliphatic carbocycles. The van der Waals surface area contributed by atoms with Crippen LogP contribution >= 0.6 is 15.9 Å². The molecule has 5 heteroatoms. The second kappa shape index (κ2) is 5.01. The van der Waals surface area contributed by atoms with Crippen LogP contribution in [0.15, 0.2) is 21.2 Å². The summed E-state index contributed by atoms with van der Waals surface area (Å²) >= 11 is 3.15. The van der Waals surface area contributed by atoms with Crippen molar-refractivity contribution in [2.75, 3.05) is 6.54 Å². The summed E-state index contributed by atoms with van der Waals surface area (Å²) in [6.45, 7) is 6.49. The lowest BCUT2D eigenvalue weighted by Crippen LogP contribution is -2.48. The Bertz CT molecular complexity index is 368. The van der Waals surface area contributed by atoms with Gasteiger partial charge in [0.2, 0.25) is 0 Å². The standard InChI is InChI=1S/C11H17BrN2O2/c1-11(2,3)8(6-13)14-10(15)7-4-5-9(12)16-7/h4-5,8H,6,13H2,1-3H3,(H,14,15). The van der Waals surface area contributed by atoms with Crippen LogP contribution in [0.1, 0.15) is 31.3 Å². The lowest BCUT2D eigenvalue weighted by molar-refractivity contribution is 0.0876. The normalized spacial score (nSPS) is 13.6. The van der Waals surface area contributed by atoms with Gasteiger partial charge in [-0.25, -0.2) is 0 Å². The second-order valence-corrected chi connectivity index (χ2v) is 5.51. The van der Waals surface area contributed by atoms with Crippen LogP contribution in [0, 0.1) is 5.41 Å². The van der Waals surface area contributed by atoms with Gasteiger partial charge in [0, 0.05) is 12.6 Å². The number of nitrogens with two attached hydrogens (primary N) is 1. The molecule has 1 amide bonds. The minimum Gasteiger partial charge on any atom is -0.444 e. The molecule has 90 valence electrons. The summed E-state index contributed by atoms with van der Waals surface area (Å²) in [4.78, 5) is 11.8. The third-order valence-electron chi connectivity index (χ3n) is 2.38. The summed E-state index contributed by atoms with van der Waals surface area (Å²) in [5.41, 5.74) is 5.56. The number of furan rings is 1. The smallest absolute Gasteiger partial charge is 0.287 e. The third kappa shape index (κ3) is 3.35. The Kier molecular flexibility index (Phi) is 4.15. The van der Waals surface area contributed by atoms with Gasteiger partial charge in [-0.3, -0.25) is 4.79 Å². The predicted molar refractivity (Wildman–Crippen MR) is 66.2 cm³/mol. The van der Waals surface area contributed by atoms with Gasteiger partial charge in [-0.05, 0) is 33.5 Å². The Balaban J connectivity index is 2.70. The molecule has 1 rings (SSSR count). The third-order valence-corrected chi connectivity index (χ3v) is 2.81. The van der Waals surface area contributed by atoms with Crippen LogP contribution in [-0.4, -0.2) is 18.5 Å². The van der Waals surface area contributed by atoms with Gasteiger partial charge in [-0.1, -0.05) is 20.8 Å². The van der Waals surface area contributed by atoms with Crippen molar-refractivity contribution in [1.29, 1.82) is 0 Å². The molecule has 3 N–H and O–H groups in total. The maximum atomic E-state index is 11.8. The molecule has 1 heterocycles. The molecule has 1 unspecified atom stereocenters. The largest absolute Gasteiger partial charge is 0.444 e. The number of amides is 1. The zero-order valence-electron chi connectivity index (χ0n) is 9.71. The fourth-order valence-corrected chi connectivity index (χ4v) is 1.60. The molecule has 0 aliphatic heterocycles. The molecule has 4 nitrogen and oxygen atoms in total. The highest BCUT2D eigenvalue weighted by atomic mass is 79.9. The monoisotopic (exact) mass is 288 g/mol. The van der Waals surface area contributed by atoms with Crippen LogP contribution in [0.2, 0.25) is 0 Å². The van der Waals surface area contributed by atoms with E-state index < -0.39 is 0 Å². The van der Waals surface area contributed by atoms with Crippen LogP contribution < -0.4 is 11.1 Å². The number of carbonyl (C=O) groups is 1. The van der Waals surface area contributed by atoms with Gasteiger partial charge < -0.3 is 15.5 Å². The minimum absolute atomic E-state index is 0.0752. The Hall–Kier alpha value is -0.810. The molecule has 0 aromatic carbocycles. The molecule has 0 saturated carbocycles. The molecular weight excluding hydrogens is 272 g/mol. The van der Waals surface area contributed by atoms with Gasteiger partial charge in [-0.15, -0.1) is 0 Å². The second-order valence-electron chi connectivity index (χ2n) is 4.73. The van der Waals surface area contributed by atoms with Crippen molar-refractivity contribution in [3.63, 3.8) is 0 Å². The molecule has 0 aliphatic rings. The Morgan fingerprint density at radius 1 is 1.56 bits per heavy atom. The maximum Gasteiger partial charge on any atom is 0.287 e. The Morgan fingerprint density at radius 3 is 2.56 bits per heavy atom. The van der Waals surface area contributed by atoms with Crippen molar-refractivity contribution in [2.24, 2.45) is 11.1 Å². The molecule has 0 fully saturated rings. The lowest BCUT2D eigenvalue weighted by Gasteiger charge is -2.29. The molecular formula is C11H17BrN2O2. The summed E-state index contributed by atoms with van der Waals surface area (Å²) in [7, 11) is 0. The molecule has 1 atom stereocenters. The van der Waals surface area contributed by atoms with Crippen LogP contribution in [0.5, 0.6) is 0 Å². The number of hydrogen-bond acceptors (Lipinski definition) is 3. The number of halogens is 1. The quantitative estimate of drug-likeness (QED) is 0.895. The van der Waals surface area contributed by atoms with Crippen molar-refractivity contribution in [2.45, 2.75) is 26.8 Å². The average molecular weight is 289 g/mol. The van der Waals surface area contributed by atoms with Crippen molar-refractivity contribution >= 4 is 21.8 Å². The Morgan fingerprint density at radius 2 is 2.19 bits per heavy atom. The molecule has 1 aromatic heterocycles. The fraction of sp³-hybridized carbons (Fsp3) is 0.545. The van der Waals surface area contributed by atoms with E-state index in [0.717, 1.165) is 0 Å². The van der Waals surface area contributed by atoms with Crippen LogP contribution in [0.3, 0.4) is 0 Å². The zero-order valence-corrected chi connectivity index (χ0v) is 11.3. The van der Waals surface area contributed by atoms with E-state index in [2.05, 4.69) is 21.2 Å². The van der Waals surface area contributed by atoms with Crippen molar-refractivity contribution in [3.05, 3.63) is 22.6 Å². The molecule has 0 saturated heterocycles. The van der Waals surface area contributed by atoms with Gasteiger partial charge in [0.05, 0.1) is 0 Å². The first-order valence-corrected chi connectivity index (χ1v) is 5.90. The highest BCUT2D eigenvalue weighted by Crippen LogP contribution is 2.19. The van der Waals surface area contributed by atoms with E-state index >= 15 is 0 Å². The molecule has 1 aromatic rings. The lowest BCUT2D eigenvalue weighted by atomic mass is 9.87. The van der Waals surface area contributed by atoms with E-state index in [0.29, 0.717) is 11.2 Å². The molecule has 0 bridgehead atoms. The zero-order chi connectivity index (χ0) is 12.3. The summed E-state index contributed by atoms with van der Waals surface area (Å²) in [6.07, 6.45) is 0. The predicted octanol–water partition coefficient (Wildman–Crippen LogP) is 2.15. The topological polar surface area (TPSA) is 68.3 Å². The van der Waals surface area contributed by atoms with Crippen LogP contribution in [0.25, 0.3) is 0 Å². The molecule has 0 spiro atoms. The van der Waals surface area contributed by atoms with Gasteiger partial charge in [0.15, 0.2) is 10.4 Å². The number of nitrogens with one attached hydrogen (secondary N) is 1. The first-order valence-electron chi connectivity index (χ1n) is 5.11. The summed E-state index contributed by atoms with van der Waals surface area (Å²) in [5, 5.41) is 2.86. The fourth-order valence-electron chi connectivity index (χ4n) is 1.29. The first-order chi connectivity index (χ1) is 7.34. The maximum absolute atomic E-state index is 11.8. The van der Waals surface area contributed by atoms with Gasteiger partial charge in [-0.2, -0.15) is 0 Å². The van der Waals surface area contributed by atoms with Crippen molar-refractivity contribution in [3.8, 4) is 0 Å². The summed E-state index contributed by atoms with van der Waals surface area (Å²) < 4.78 is 5.71. The van der Waals surface area contributed by atoms with E-state index in [4.69, 9.17) is 10.2 Å². The van der Waals surface area contributed by atoms with Gasteiger partial charge in [0.25, 0.3) is 5.91 Å². The summed E-state index contributed by atoms with van der Waals surface area (Å²) in [5.74, 6) is 0.0469. The van der Waals surface area contributed by atoms with Crippen LogP contribution in [-0.2, 0) is 0 Å². The van der Waals surface area contributed by atoms with Gasteiger partial charge in [0.1, 0.15) is 0 Å².